The smallest absolute Gasteiger partial charge is 0.410 e. The van der Waals surface area contributed by atoms with Crippen LogP contribution in [0, 0.1) is 11.8 Å². The van der Waals surface area contributed by atoms with E-state index in [2.05, 4.69) is 17.1 Å². The highest BCUT2D eigenvalue weighted by Gasteiger charge is 2.58. The summed E-state index contributed by atoms with van der Waals surface area (Å²) in [6.45, 7) is 11.1. The number of nitrogens with zero attached hydrogens (tertiary/aromatic N) is 2. The third-order valence-corrected chi connectivity index (χ3v) is 5.91. The summed E-state index contributed by atoms with van der Waals surface area (Å²) < 4.78 is 5.48. The standard InChI is InChI=1S/C18H31N3O2/c1-11-7-12(8-21(11)13-5-6-13)19-16-14-9-20(10-15(14)16)17(22)23-18(2,3)4/h11-16,19H,5-10H2,1-4H3. The number of amides is 1. The number of piperidine rings is 1. The Kier molecular flexibility index (Phi) is 3.65. The van der Waals surface area contributed by atoms with E-state index in [1.165, 1.54) is 25.8 Å². The quantitative estimate of drug-likeness (QED) is 0.864. The lowest BCUT2D eigenvalue weighted by Gasteiger charge is -2.26. The van der Waals surface area contributed by atoms with Crippen LogP contribution in [0.4, 0.5) is 4.79 Å². The minimum atomic E-state index is -0.395. The molecular formula is C18H31N3O2. The highest BCUT2D eigenvalue weighted by molar-refractivity contribution is 5.69. The minimum absolute atomic E-state index is 0.141. The average Bonchev–Trinajstić information content (AvgIpc) is 3.29. The second kappa shape index (κ2) is 5.35. The lowest BCUT2D eigenvalue weighted by atomic mass is 10.2. The van der Waals surface area contributed by atoms with Gasteiger partial charge in [0.25, 0.3) is 0 Å². The zero-order valence-electron chi connectivity index (χ0n) is 14.9. The van der Waals surface area contributed by atoms with Crippen molar-refractivity contribution in [1.29, 1.82) is 0 Å². The average molecular weight is 321 g/mol. The molecule has 4 atom stereocenters. The Balaban J connectivity index is 1.23. The van der Waals surface area contributed by atoms with E-state index < -0.39 is 5.60 Å². The number of fused-ring (bicyclic) bond motifs is 1. The first-order valence-electron chi connectivity index (χ1n) is 9.31. The predicted octanol–water partition coefficient (Wildman–Crippen LogP) is 2.07. The zero-order valence-corrected chi connectivity index (χ0v) is 14.9. The molecule has 0 aromatic heterocycles. The van der Waals surface area contributed by atoms with Crippen LogP contribution in [0.15, 0.2) is 0 Å². The van der Waals surface area contributed by atoms with Gasteiger partial charge in [-0.2, -0.15) is 0 Å². The summed E-state index contributed by atoms with van der Waals surface area (Å²) in [5, 5.41) is 3.89. The fraction of sp³-hybridized carbons (Fsp3) is 0.944. The SMILES string of the molecule is CC1CC(NC2C3CN(C(=O)OC(C)(C)C)CC32)CN1C1CC1. The van der Waals surface area contributed by atoms with Gasteiger partial charge in [-0.25, -0.2) is 4.79 Å². The van der Waals surface area contributed by atoms with Crippen molar-refractivity contribution < 1.29 is 9.53 Å². The number of likely N-dealkylation sites (tertiary alicyclic amines) is 2. The molecule has 4 fully saturated rings. The molecule has 4 rings (SSSR count). The summed E-state index contributed by atoms with van der Waals surface area (Å²) >= 11 is 0. The van der Waals surface area contributed by atoms with Gasteiger partial charge in [0.2, 0.25) is 0 Å². The van der Waals surface area contributed by atoms with Gasteiger partial charge < -0.3 is 15.0 Å². The van der Waals surface area contributed by atoms with Crippen LogP contribution in [-0.2, 0) is 4.74 Å². The van der Waals surface area contributed by atoms with E-state index in [1.54, 1.807) is 0 Å². The van der Waals surface area contributed by atoms with Gasteiger partial charge in [-0.1, -0.05) is 0 Å². The van der Waals surface area contributed by atoms with E-state index in [0.29, 0.717) is 23.9 Å². The van der Waals surface area contributed by atoms with Crippen molar-refractivity contribution in [2.75, 3.05) is 19.6 Å². The van der Waals surface area contributed by atoms with Crippen molar-refractivity contribution in [3.8, 4) is 0 Å². The van der Waals surface area contributed by atoms with Crippen LogP contribution in [0.25, 0.3) is 0 Å². The molecule has 130 valence electrons. The zero-order chi connectivity index (χ0) is 16.4. The van der Waals surface area contributed by atoms with Crippen LogP contribution in [0.2, 0.25) is 0 Å². The highest BCUT2D eigenvalue weighted by atomic mass is 16.6. The molecule has 1 amide bonds. The minimum Gasteiger partial charge on any atom is -0.444 e. The second-order valence-corrected chi connectivity index (χ2v) is 9.12. The van der Waals surface area contributed by atoms with E-state index in [4.69, 9.17) is 4.74 Å². The Bertz CT molecular complexity index is 473. The van der Waals surface area contributed by atoms with Crippen LogP contribution >= 0.6 is 0 Å². The van der Waals surface area contributed by atoms with Crippen LogP contribution in [-0.4, -0.2) is 65.3 Å². The molecule has 2 heterocycles. The second-order valence-electron chi connectivity index (χ2n) is 9.12. The third-order valence-electron chi connectivity index (χ3n) is 5.91. The normalized spacial score (nSPS) is 40.3. The molecule has 2 saturated heterocycles. The third kappa shape index (κ3) is 3.22. The first kappa shape index (κ1) is 15.7. The number of carbonyl (C=O) groups excluding carboxylic acids is 1. The van der Waals surface area contributed by atoms with Gasteiger partial charge >= 0.3 is 6.09 Å². The maximum atomic E-state index is 12.1. The lowest BCUT2D eigenvalue weighted by molar-refractivity contribution is 0.0268. The molecule has 2 aliphatic heterocycles. The monoisotopic (exact) mass is 321 g/mol. The molecule has 0 aromatic carbocycles. The van der Waals surface area contributed by atoms with Gasteiger partial charge in [-0.3, -0.25) is 4.90 Å². The van der Waals surface area contributed by atoms with Crippen molar-refractivity contribution in [1.82, 2.24) is 15.1 Å². The summed E-state index contributed by atoms with van der Waals surface area (Å²) in [5.74, 6) is 1.29. The van der Waals surface area contributed by atoms with Crippen molar-refractivity contribution in [2.24, 2.45) is 11.8 Å². The van der Waals surface area contributed by atoms with Crippen molar-refractivity contribution in [3.63, 3.8) is 0 Å². The molecule has 1 N–H and O–H groups in total. The highest BCUT2D eigenvalue weighted by Crippen LogP contribution is 2.46. The molecule has 23 heavy (non-hydrogen) atoms. The van der Waals surface area contributed by atoms with Crippen LogP contribution < -0.4 is 5.32 Å². The maximum Gasteiger partial charge on any atom is 0.410 e. The van der Waals surface area contributed by atoms with Crippen molar-refractivity contribution in [3.05, 3.63) is 0 Å². The number of nitrogens with one attached hydrogen (secondary N) is 1. The first-order chi connectivity index (χ1) is 10.8. The molecule has 4 aliphatic rings. The van der Waals surface area contributed by atoms with Gasteiger partial charge in [0.05, 0.1) is 0 Å². The number of hydrogen-bond acceptors (Lipinski definition) is 4. The Morgan fingerprint density at radius 1 is 1.13 bits per heavy atom. The molecule has 0 aromatic rings. The predicted molar refractivity (Wildman–Crippen MR) is 89.3 cm³/mol. The molecule has 5 heteroatoms. The Morgan fingerprint density at radius 2 is 1.78 bits per heavy atom. The molecule has 0 spiro atoms. The summed E-state index contributed by atoms with van der Waals surface area (Å²) in [7, 11) is 0. The van der Waals surface area contributed by atoms with Gasteiger partial charge in [-0.15, -0.1) is 0 Å². The van der Waals surface area contributed by atoms with Crippen molar-refractivity contribution >= 4 is 6.09 Å². The van der Waals surface area contributed by atoms with Crippen molar-refractivity contribution in [2.45, 2.75) is 76.7 Å². The van der Waals surface area contributed by atoms with Crippen LogP contribution in [0.1, 0.15) is 47.0 Å². The molecule has 0 bridgehead atoms. The number of hydrogen-bond donors (Lipinski definition) is 1. The van der Waals surface area contributed by atoms with Gasteiger partial charge in [-0.05, 0) is 58.8 Å². The van der Waals surface area contributed by atoms with E-state index in [9.17, 15) is 4.79 Å². The summed E-state index contributed by atoms with van der Waals surface area (Å²) in [5.41, 5.74) is -0.395. The maximum absolute atomic E-state index is 12.1. The topological polar surface area (TPSA) is 44.8 Å². The fourth-order valence-corrected chi connectivity index (χ4v) is 4.61. The van der Waals surface area contributed by atoms with E-state index in [1.807, 2.05) is 25.7 Å². The Labute approximate surface area is 139 Å². The number of carbonyl (C=O) groups is 1. The van der Waals surface area contributed by atoms with Crippen LogP contribution in [0.5, 0.6) is 0 Å². The summed E-state index contributed by atoms with van der Waals surface area (Å²) in [6.07, 6.45) is 3.94. The molecule has 2 saturated carbocycles. The van der Waals surface area contributed by atoms with E-state index >= 15 is 0 Å². The molecule has 2 aliphatic carbocycles. The van der Waals surface area contributed by atoms with E-state index in [-0.39, 0.29) is 6.09 Å². The molecule has 0 radical (unpaired) electrons. The van der Waals surface area contributed by atoms with Gasteiger partial charge in [0.15, 0.2) is 0 Å². The summed E-state index contributed by atoms with van der Waals surface area (Å²) in [6, 6.07) is 2.89. The largest absolute Gasteiger partial charge is 0.444 e. The van der Waals surface area contributed by atoms with Gasteiger partial charge in [0, 0.05) is 43.8 Å². The first-order valence-corrected chi connectivity index (χ1v) is 9.31. The molecule has 4 unspecified atom stereocenters. The lowest BCUT2D eigenvalue weighted by Crippen LogP contribution is -2.42. The van der Waals surface area contributed by atoms with E-state index in [0.717, 1.165) is 25.2 Å². The van der Waals surface area contributed by atoms with Gasteiger partial charge in [0.1, 0.15) is 5.60 Å². The molecular weight excluding hydrogens is 290 g/mol. The molecule has 5 nitrogen and oxygen atoms in total. The van der Waals surface area contributed by atoms with Crippen LogP contribution in [0.3, 0.4) is 0 Å². The fourth-order valence-electron chi connectivity index (χ4n) is 4.61. The Morgan fingerprint density at radius 3 is 2.35 bits per heavy atom. The Hall–Kier alpha value is -0.810. The number of rotatable bonds is 3. The summed E-state index contributed by atoms with van der Waals surface area (Å²) in [4.78, 5) is 16.7. The number of ether oxygens (including phenoxy) is 1.